The van der Waals surface area contributed by atoms with E-state index in [1.807, 2.05) is 60.7 Å². The highest BCUT2D eigenvalue weighted by Crippen LogP contribution is 2.29. The molecule has 0 aliphatic carbocycles. The van der Waals surface area contributed by atoms with Gasteiger partial charge in [0.15, 0.2) is 5.76 Å². The minimum Gasteiger partial charge on any atom is -0.487 e. The molecule has 1 heterocycles. The average molecular weight is 701 g/mol. The molecule has 1 aromatic heterocycles. The topological polar surface area (TPSA) is 63.8 Å². The van der Waals surface area contributed by atoms with E-state index in [-0.39, 0.29) is 5.76 Å². The molecule has 156 valence electrons. The molecule has 0 saturated carbocycles. The number of hydrazone groups is 1. The maximum Gasteiger partial charge on any atom is 0.307 e. The van der Waals surface area contributed by atoms with Crippen LogP contribution in [0.1, 0.15) is 21.7 Å². The number of nitrogens with zero attached hydrogens (tertiary/aromatic N) is 1. The molecular formula is C23H15BrI2N2O3. The van der Waals surface area contributed by atoms with Crippen LogP contribution in [0.15, 0.2) is 80.7 Å². The van der Waals surface area contributed by atoms with Gasteiger partial charge in [-0.2, -0.15) is 5.10 Å². The molecule has 0 unspecified atom stereocenters. The number of benzene rings is 3. The van der Waals surface area contributed by atoms with Crippen LogP contribution in [0.25, 0.3) is 11.0 Å². The molecule has 0 saturated heterocycles. The normalized spacial score (nSPS) is 11.2. The Balaban J connectivity index is 1.40. The van der Waals surface area contributed by atoms with Gasteiger partial charge in [-0.15, -0.1) is 0 Å². The Bertz CT molecular complexity index is 1210. The lowest BCUT2D eigenvalue weighted by Gasteiger charge is -2.11. The largest absolute Gasteiger partial charge is 0.487 e. The molecule has 1 amide bonds. The molecule has 0 atom stereocenters. The second-order valence-electron chi connectivity index (χ2n) is 6.58. The van der Waals surface area contributed by atoms with E-state index in [2.05, 4.69) is 71.6 Å². The number of rotatable bonds is 6. The lowest BCUT2D eigenvalue weighted by Crippen LogP contribution is -2.16. The Labute approximate surface area is 214 Å². The molecule has 4 rings (SSSR count). The molecule has 8 heteroatoms. The van der Waals surface area contributed by atoms with Crippen LogP contribution in [0.3, 0.4) is 0 Å². The Morgan fingerprint density at radius 2 is 1.77 bits per heavy atom. The van der Waals surface area contributed by atoms with Gasteiger partial charge in [0.05, 0.1) is 13.4 Å². The Kier molecular flexibility index (Phi) is 7.28. The fraction of sp³-hybridized carbons (Fsp3) is 0.0435. The summed E-state index contributed by atoms with van der Waals surface area (Å²) in [5.74, 6) is 0.651. The number of nitrogens with one attached hydrogen (secondary N) is 1. The number of hydrogen-bond acceptors (Lipinski definition) is 4. The summed E-state index contributed by atoms with van der Waals surface area (Å²) in [5.41, 5.74) is 5.12. The van der Waals surface area contributed by atoms with Crippen LogP contribution in [0.2, 0.25) is 0 Å². The Morgan fingerprint density at radius 1 is 1.06 bits per heavy atom. The van der Waals surface area contributed by atoms with Crippen molar-refractivity contribution in [3.8, 4) is 5.75 Å². The highest BCUT2D eigenvalue weighted by atomic mass is 127. The van der Waals surface area contributed by atoms with E-state index in [1.165, 1.54) is 0 Å². The van der Waals surface area contributed by atoms with Gasteiger partial charge in [0.25, 0.3) is 0 Å². The fourth-order valence-corrected chi connectivity index (χ4v) is 5.23. The van der Waals surface area contributed by atoms with Crippen LogP contribution in [0, 0.1) is 7.14 Å². The van der Waals surface area contributed by atoms with Crippen molar-refractivity contribution in [3.05, 3.63) is 95.2 Å². The zero-order valence-corrected chi connectivity index (χ0v) is 21.8. The average Bonchev–Trinajstić information content (AvgIpc) is 3.19. The molecule has 0 radical (unpaired) electrons. The van der Waals surface area contributed by atoms with Gasteiger partial charge in [0.2, 0.25) is 0 Å². The second-order valence-corrected chi connectivity index (χ2v) is 9.82. The van der Waals surface area contributed by atoms with Crippen LogP contribution in [-0.2, 0) is 6.61 Å². The zero-order chi connectivity index (χ0) is 21.8. The minimum absolute atomic E-state index is 0.221. The second kappa shape index (κ2) is 10.1. The molecule has 1 N–H and O–H groups in total. The standard InChI is InChI=1S/C23H15BrI2N2O3/c24-17-7-5-14(6-8-17)13-30-22-18(25)9-15(10-19(22)26)12-27-28-23(29)21-11-16-3-1-2-4-20(16)31-21/h1-12H,13H2,(H,28,29)/b27-12+. The van der Waals surface area contributed by atoms with E-state index in [9.17, 15) is 4.79 Å². The minimum atomic E-state index is -0.397. The maximum absolute atomic E-state index is 12.3. The van der Waals surface area contributed by atoms with Crippen LogP contribution in [0.5, 0.6) is 5.75 Å². The SMILES string of the molecule is O=C(N/N=C/c1cc(I)c(OCc2ccc(Br)cc2)c(I)c1)c1cc2ccccc2o1. The van der Waals surface area contributed by atoms with E-state index in [1.54, 1.807) is 12.3 Å². The third-order valence-electron chi connectivity index (χ3n) is 4.35. The van der Waals surface area contributed by atoms with Crippen molar-refractivity contribution in [2.45, 2.75) is 6.61 Å². The van der Waals surface area contributed by atoms with E-state index in [0.717, 1.165) is 33.9 Å². The molecule has 0 fully saturated rings. The molecule has 5 nitrogen and oxygen atoms in total. The van der Waals surface area contributed by atoms with Crippen molar-refractivity contribution in [2.75, 3.05) is 0 Å². The van der Waals surface area contributed by atoms with Gasteiger partial charge in [0.1, 0.15) is 17.9 Å². The van der Waals surface area contributed by atoms with Gasteiger partial charge in [-0.05, 0) is 92.7 Å². The number of amides is 1. The Hall–Kier alpha value is -1.92. The smallest absolute Gasteiger partial charge is 0.307 e. The zero-order valence-electron chi connectivity index (χ0n) is 15.9. The quantitative estimate of drug-likeness (QED) is 0.138. The van der Waals surface area contributed by atoms with E-state index >= 15 is 0 Å². The number of ether oxygens (including phenoxy) is 1. The van der Waals surface area contributed by atoms with Crippen LogP contribution in [0.4, 0.5) is 0 Å². The predicted octanol–water partition coefficient (Wildman–Crippen LogP) is 6.75. The first kappa shape index (κ1) is 22.3. The summed E-state index contributed by atoms with van der Waals surface area (Å²) in [7, 11) is 0. The first-order valence-corrected chi connectivity index (χ1v) is 12.1. The first-order valence-electron chi connectivity index (χ1n) is 9.18. The van der Waals surface area contributed by atoms with Crippen molar-refractivity contribution in [1.29, 1.82) is 0 Å². The number of fused-ring (bicyclic) bond motifs is 1. The maximum atomic E-state index is 12.3. The summed E-state index contributed by atoms with van der Waals surface area (Å²) in [6.07, 6.45) is 1.60. The first-order chi connectivity index (χ1) is 15.0. The summed E-state index contributed by atoms with van der Waals surface area (Å²) in [4.78, 5) is 12.3. The van der Waals surface area contributed by atoms with Crippen molar-refractivity contribution in [2.24, 2.45) is 5.10 Å². The van der Waals surface area contributed by atoms with Gasteiger partial charge in [0, 0.05) is 9.86 Å². The van der Waals surface area contributed by atoms with Gasteiger partial charge in [-0.3, -0.25) is 4.79 Å². The molecule has 0 bridgehead atoms. The van der Waals surface area contributed by atoms with E-state index in [0.29, 0.717) is 12.2 Å². The van der Waals surface area contributed by atoms with Gasteiger partial charge >= 0.3 is 5.91 Å². The van der Waals surface area contributed by atoms with Gasteiger partial charge in [-0.1, -0.05) is 46.3 Å². The third kappa shape index (κ3) is 5.66. The molecule has 0 spiro atoms. The third-order valence-corrected chi connectivity index (χ3v) is 6.48. The van der Waals surface area contributed by atoms with Crippen molar-refractivity contribution in [1.82, 2.24) is 5.43 Å². The molecular weight excluding hydrogens is 686 g/mol. The summed E-state index contributed by atoms with van der Waals surface area (Å²) in [5, 5.41) is 4.94. The summed E-state index contributed by atoms with van der Waals surface area (Å²) >= 11 is 7.92. The van der Waals surface area contributed by atoms with Gasteiger partial charge in [-0.25, -0.2) is 5.43 Å². The van der Waals surface area contributed by atoms with Crippen molar-refractivity contribution in [3.63, 3.8) is 0 Å². The van der Waals surface area contributed by atoms with Crippen molar-refractivity contribution >= 4 is 84.2 Å². The molecule has 3 aromatic carbocycles. The highest BCUT2D eigenvalue weighted by Gasteiger charge is 2.12. The monoisotopic (exact) mass is 700 g/mol. The predicted molar refractivity (Wildman–Crippen MR) is 142 cm³/mol. The number of para-hydroxylation sites is 1. The van der Waals surface area contributed by atoms with Crippen LogP contribution >= 0.6 is 61.1 Å². The fourth-order valence-electron chi connectivity index (χ4n) is 2.84. The highest BCUT2D eigenvalue weighted by molar-refractivity contribution is 14.1. The van der Waals surface area contributed by atoms with E-state index < -0.39 is 5.91 Å². The number of carbonyl (C=O) groups is 1. The molecule has 0 aliphatic rings. The number of hydrogen-bond donors (Lipinski definition) is 1. The number of halogens is 3. The molecule has 31 heavy (non-hydrogen) atoms. The molecule has 4 aromatic rings. The number of furan rings is 1. The summed E-state index contributed by atoms with van der Waals surface area (Å²) in [6, 6.07) is 21.1. The lowest BCUT2D eigenvalue weighted by molar-refractivity contribution is 0.0929. The number of carbonyl (C=O) groups excluding carboxylic acids is 1. The van der Waals surface area contributed by atoms with E-state index in [4.69, 9.17) is 9.15 Å². The van der Waals surface area contributed by atoms with Gasteiger partial charge < -0.3 is 9.15 Å². The Morgan fingerprint density at radius 3 is 2.48 bits per heavy atom. The summed E-state index contributed by atoms with van der Waals surface area (Å²) < 4.78 is 14.5. The van der Waals surface area contributed by atoms with Crippen molar-refractivity contribution < 1.29 is 13.9 Å². The van der Waals surface area contributed by atoms with Crippen LogP contribution in [-0.4, -0.2) is 12.1 Å². The molecule has 0 aliphatic heterocycles. The van der Waals surface area contributed by atoms with Crippen LogP contribution < -0.4 is 10.2 Å². The summed E-state index contributed by atoms with van der Waals surface area (Å²) in [6.45, 7) is 0.486. The lowest BCUT2D eigenvalue weighted by atomic mass is 10.2.